The number of carbonyl (C=O) groups is 1. The molecule has 0 radical (unpaired) electrons. The first-order valence-corrected chi connectivity index (χ1v) is 14.1. The molecule has 1 heterocycles. The van der Waals surface area contributed by atoms with Gasteiger partial charge >= 0.3 is 48.2 Å². The number of unbranched alkanes of at least 4 members (excludes halogenated alkanes) is 2. The van der Waals surface area contributed by atoms with Crippen molar-refractivity contribution < 1.29 is 44.5 Å². The first-order valence-electron chi connectivity index (χ1n) is 12.0. The number of phenols is 1. The Morgan fingerprint density at radius 3 is 2.25 bits per heavy atom. The van der Waals surface area contributed by atoms with Crippen LogP contribution in [0.1, 0.15) is 108 Å². The number of hydrogen-bond donors (Lipinski definition) is 2. The molecule has 0 saturated carbocycles. The van der Waals surface area contributed by atoms with Gasteiger partial charge in [0.25, 0.3) is 0 Å². The van der Waals surface area contributed by atoms with Gasteiger partial charge < -0.3 is 14.9 Å². The van der Waals surface area contributed by atoms with E-state index in [9.17, 15) is 15.0 Å². The monoisotopic (exact) mass is 643 g/mol. The molecule has 1 aromatic carbocycles. The fourth-order valence-electron chi connectivity index (χ4n) is 3.03. The van der Waals surface area contributed by atoms with Crippen molar-refractivity contribution in [2.45, 2.75) is 103 Å². The number of allylic oxidation sites excluding steroid dienone is 1. The summed E-state index contributed by atoms with van der Waals surface area (Å²) in [4.78, 5) is 11.6. The summed E-state index contributed by atoms with van der Waals surface area (Å²) in [6.07, 6.45) is 12.0. The van der Waals surface area contributed by atoms with Crippen molar-refractivity contribution in [1.82, 2.24) is 0 Å². The van der Waals surface area contributed by atoms with E-state index in [-0.39, 0.29) is 11.3 Å². The van der Waals surface area contributed by atoms with Gasteiger partial charge in [-0.1, -0.05) is 53.5 Å². The maximum atomic E-state index is 11.6. The molecule has 1 atom stereocenters. The van der Waals surface area contributed by atoms with Crippen LogP contribution in [0.5, 0.6) is 11.5 Å². The number of ether oxygens (including phenoxy) is 1. The minimum absolute atomic E-state index is 0.00667. The molecule has 2 N–H and O–H groups in total. The summed E-state index contributed by atoms with van der Waals surface area (Å²) >= 11 is 1.86. The maximum absolute atomic E-state index is 11.6. The van der Waals surface area contributed by atoms with Crippen LogP contribution >= 0.6 is 0 Å². The first-order chi connectivity index (χ1) is 15.3. The SMILES string of the molecule is C=CCCC1(C)C=Cc2c(cc(CCCCC)c(C(=O)O)c2O)O1.CC.CC.CCC[At]. The van der Waals surface area contributed by atoms with Gasteiger partial charge in [0.1, 0.15) is 22.7 Å². The molecule has 0 spiro atoms. The predicted octanol–water partition coefficient (Wildman–Crippen LogP) is 8.37. The molecule has 1 aromatic rings. The van der Waals surface area contributed by atoms with Crippen LogP contribution in [0.3, 0.4) is 0 Å². The van der Waals surface area contributed by atoms with Crippen molar-refractivity contribution in [3.8, 4) is 11.5 Å². The average Bonchev–Trinajstić information content (AvgIpc) is 2.80. The molecule has 0 amide bonds. The van der Waals surface area contributed by atoms with Crippen molar-refractivity contribution >= 4 is 12.0 Å². The number of carboxylic acid groups (broad SMARTS) is 1. The van der Waals surface area contributed by atoms with Crippen molar-refractivity contribution in [3.05, 3.63) is 41.5 Å². The van der Waals surface area contributed by atoms with Crippen LogP contribution in [0.2, 0.25) is 4.13 Å². The van der Waals surface area contributed by atoms with E-state index in [0.717, 1.165) is 32.1 Å². The molecule has 0 fully saturated rings. The Hall–Kier alpha value is -1.35. The molecule has 0 aliphatic carbocycles. The number of aromatic carboxylic acids is 1. The standard InChI is InChI=1S/C20H26O4.C3H7At.2C2H6/c1-4-6-8-9-14-13-16-15(18(21)17(14)19(22)23)10-12-20(3,24-16)11-7-5-2;1-2-3-4;2*1-2/h5,10,12-13,21H,2,4,6-9,11H2,1,3H3,(H,22,23);2-3H2,1H3;2*1-2H3. The molecule has 4 nitrogen and oxygen atoms in total. The number of aromatic hydroxyl groups is 1. The Labute approximate surface area is 212 Å². The van der Waals surface area contributed by atoms with Crippen LogP contribution in [0, 0.1) is 24.7 Å². The van der Waals surface area contributed by atoms with Crippen molar-refractivity contribution in [1.29, 1.82) is 0 Å². The van der Waals surface area contributed by atoms with E-state index in [1.807, 2.05) is 71.5 Å². The summed E-state index contributed by atoms with van der Waals surface area (Å²) in [6.45, 7) is 18.0. The Bertz CT molecular complexity index is 695. The number of fused-ring (bicyclic) bond motifs is 1. The van der Waals surface area contributed by atoms with Gasteiger partial charge in [0, 0.05) is 0 Å². The molecule has 0 bridgehead atoms. The Balaban J connectivity index is 0. The second kappa shape index (κ2) is 19.2. The van der Waals surface area contributed by atoms with E-state index in [1.165, 1.54) is 10.5 Å². The normalized spacial score (nSPS) is 15.4. The first kappa shape index (κ1) is 32.8. The van der Waals surface area contributed by atoms with E-state index in [1.54, 1.807) is 12.1 Å². The number of benzene rings is 1. The van der Waals surface area contributed by atoms with E-state index in [4.69, 9.17) is 4.74 Å². The van der Waals surface area contributed by atoms with E-state index in [2.05, 4.69) is 20.4 Å². The van der Waals surface area contributed by atoms with Gasteiger partial charge in [0.15, 0.2) is 0 Å². The van der Waals surface area contributed by atoms with Gasteiger partial charge in [-0.3, -0.25) is 0 Å². The van der Waals surface area contributed by atoms with Crippen molar-refractivity contribution in [2.75, 3.05) is 0 Å². The van der Waals surface area contributed by atoms with Crippen molar-refractivity contribution in [2.24, 2.45) is 0 Å². The van der Waals surface area contributed by atoms with Gasteiger partial charge in [-0.25, -0.2) is 4.79 Å². The zero-order valence-corrected chi connectivity index (χ0v) is 24.2. The minimum atomic E-state index is -1.10. The Morgan fingerprint density at radius 1 is 1.19 bits per heavy atom. The van der Waals surface area contributed by atoms with Crippen LogP contribution in [-0.2, 0) is 6.42 Å². The zero-order chi connectivity index (χ0) is 25.2. The van der Waals surface area contributed by atoms with Crippen LogP contribution in [-0.4, -0.2) is 21.8 Å². The van der Waals surface area contributed by atoms with Gasteiger partial charge in [-0.15, -0.1) is 6.58 Å². The molecule has 1 aliphatic heterocycles. The van der Waals surface area contributed by atoms with E-state index in [0.29, 0.717) is 23.3 Å². The van der Waals surface area contributed by atoms with Gasteiger partial charge in [-0.2, -0.15) is 0 Å². The van der Waals surface area contributed by atoms with Gasteiger partial charge in [-0.05, 0) is 56.4 Å². The average molecular weight is 644 g/mol. The second-order valence-electron chi connectivity index (χ2n) is 7.20. The molecule has 0 aromatic heterocycles. The van der Waals surface area contributed by atoms with Crippen LogP contribution in [0.25, 0.3) is 6.08 Å². The zero-order valence-electron chi connectivity index (χ0n) is 21.3. The summed E-state index contributed by atoms with van der Waals surface area (Å²) in [7, 11) is 0. The third-order valence-electron chi connectivity index (χ3n) is 4.63. The van der Waals surface area contributed by atoms with Gasteiger partial charge in [0.2, 0.25) is 0 Å². The molecule has 0 saturated heterocycles. The van der Waals surface area contributed by atoms with Crippen LogP contribution < -0.4 is 4.74 Å². The topological polar surface area (TPSA) is 66.8 Å². The molecule has 32 heavy (non-hydrogen) atoms. The van der Waals surface area contributed by atoms with E-state index < -0.39 is 11.6 Å². The molecule has 1 unspecified atom stereocenters. The molecule has 1 aliphatic rings. The summed E-state index contributed by atoms with van der Waals surface area (Å²) in [5, 5.41) is 19.9. The van der Waals surface area contributed by atoms with Crippen LogP contribution in [0.4, 0.5) is 0 Å². The molecule has 2 rings (SSSR count). The summed E-state index contributed by atoms with van der Waals surface area (Å²) < 4.78 is 7.47. The number of carboxylic acids is 1. The van der Waals surface area contributed by atoms with Crippen LogP contribution in [0.15, 0.2) is 24.8 Å². The third-order valence-corrected chi connectivity index (χ3v) is 6.10. The summed E-state index contributed by atoms with van der Waals surface area (Å²) in [5.74, 6) is -0.748. The third kappa shape index (κ3) is 11.0. The molecular formula is C27H45AtO4. The quantitative estimate of drug-likeness (QED) is 0.210. The second-order valence-corrected chi connectivity index (χ2v) is 8.67. The molecule has 184 valence electrons. The van der Waals surface area contributed by atoms with Gasteiger partial charge in [0.05, 0.1) is 5.56 Å². The Kier molecular flexibility index (Phi) is 19.6. The number of hydrogen-bond acceptors (Lipinski definition) is 3. The predicted molar refractivity (Wildman–Crippen MR) is 134 cm³/mol. The van der Waals surface area contributed by atoms with E-state index >= 15 is 0 Å². The fourth-order valence-corrected chi connectivity index (χ4v) is 3.03. The summed E-state index contributed by atoms with van der Waals surface area (Å²) in [6, 6.07) is 1.78. The van der Waals surface area contributed by atoms with Crippen molar-refractivity contribution in [3.63, 3.8) is 0 Å². The number of rotatable bonds is 9. The number of aryl methyl sites for hydroxylation is 1. The summed E-state index contributed by atoms with van der Waals surface area (Å²) in [5.41, 5.74) is 0.600. The molecular weight excluding hydrogens is 598 g/mol. The fraction of sp³-hybridized carbons (Fsp3) is 0.593. The Morgan fingerprint density at radius 2 is 1.78 bits per heavy atom. The molecule has 5 heteroatoms.